The van der Waals surface area contributed by atoms with Crippen LogP contribution in [0.2, 0.25) is 0 Å². The normalized spacial score (nSPS) is 12.9. The molecule has 1 N–H and O–H groups in total. The molecule has 4 aromatic rings. The maximum atomic E-state index is 9.97. The van der Waals surface area contributed by atoms with Gasteiger partial charge in [-0.25, -0.2) is 9.50 Å². The number of anilines is 1. The zero-order valence-electron chi connectivity index (χ0n) is 22.8. The number of aromatic nitrogens is 3. The van der Waals surface area contributed by atoms with E-state index in [0.29, 0.717) is 23.3 Å². The highest BCUT2D eigenvalue weighted by atomic mass is 16.5. The van der Waals surface area contributed by atoms with Gasteiger partial charge in [-0.3, -0.25) is 0 Å². The van der Waals surface area contributed by atoms with Gasteiger partial charge in [-0.05, 0) is 30.8 Å². The zero-order chi connectivity index (χ0) is 28.0. The lowest BCUT2D eigenvalue weighted by Crippen LogP contribution is -2.44. The molecular formula is C30H36N6O3. The standard InChI is InChI=1S/C20H22N6O2.C8H8O.C2H6/c1-24-4-6-25(7-5-24)19-3-2-15(12-22-19)18-10-17(28-9-8-27)14-26-20(18)16(11-21)13-23-26;9-7-6-8-4-2-1-3-5-8;1-2/h2-3,10,12-14,27H,4-9H2,1H3;1-5,7H,6H2;1-2H3. The number of pyridine rings is 2. The van der Waals surface area contributed by atoms with Gasteiger partial charge in [0.15, 0.2) is 0 Å². The molecule has 1 aliphatic rings. The predicted octanol–water partition coefficient (Wildman–Crippen LogP) is 3.85. The average Bonchev–Trinajstić information content (AvgIpc) is 3.41. The van der Waals surface area contributed by atoms with Crippen molar-refractivity contribution in [1.29, 1.82) is 5.26 Å². The number of fused-ring (bicyclic) bond motifs is 1. The quantitative estimate of drug-likeness (QED) is 0.361. The molecule has 39 heavy (non-hydrogen) atoms. The number of ether oxygens (including phenoxy) is 1. The molecular weight excluding hydrogens is 492 g/mol. The third-order valence-electron chi connectivity index (χ3n) is 6.12. The van der Waals surface area contributed by atoms with E-state index in [1.54, 1.807) is 16.9 Å². The van der Waals surface area contributed by atoms with Crippen LogP contribution in [0.5, 0.6) is 5.75 Å². The molecule has 0 unspecified atom stereocenters. The number of aliphatic hydroxyl groups is 1. The Morgan fingerprint density at radius 3 is 2.44 bits per heavy atom. The van der Waals surface area contributed by atoms with E-state index >= 15 is 0 Å². The largest absolute Gasteiger partial charge is 0.490 e. The second-order valence-electron chi connectivity index (χ2n) is 8.68. The number of likely N-dealkylation sites (N-methyl/N-ethyl adjacent to an activating group) is 1. The molecule has 9 heteroatoms. The number of rotatable bonds is 7. The summed E-state index contributed by atoms with van der Waals surface area (Å²) in [7, 11) is 2.13. The van der Waals surface area contributed by atoms with Crippen LogP contribution in [0.4, 0.5) is 5.82 Å². The van der Waals surface area contributed by atoms with Crippen LogP contribution in [0.25, 0.3) is 16.6 Å². The third-order valence-corrected chi connectivity index (χ3v) is 6.12. The zero-order valence-corrected chi connectivity index (χ0v) is 22.8. The first-order valence-corrected chi connectivity index (χ1v) is 13.2. The van der Waals surface area contributed by atoms with E-state index in [2.05, 4.69) is 33.0 Å². The minimum atomic E-state index is -0.0722. The van der Waals surface area contributed by atoms with Gasteiger partial charge in [-0.2, -0.15) is 10.4 Å². The summed E-state index contributed by atoms with van der Waals surface area (Å²) in [4.78, 5) is 19.2. The Morgan fingerprint density at radius 2 is 1.82 bits per heavy atom. The van der Waals surface area contributed by atoms with Crippen LogP contribution in [0.1, 0.15) is 25.0 Å². The van der Waals surface area contributed by atoms with Crippen LogP contribution in [0.15, 0.2) is 67.1 Å². The molecule has 1 aromatic carbocycles. The van der Waals surface area contributed by atoms with Crippen molar-refractivity contribution in [3.8, 4) is 22.9 Å². The van der Waals surface area contributed by atoms with E-state index in [9.17, 15) is 10.1 Å². The number of nitrogens with zero attached hydrogens (tertiary/aromatic N) is 6. The molecule has 0 spiro atoms. The third kappa shape index (κ3) is 7.87. The SMILES string of the molecule is CC.CN1CCN(c2ccc(-c3cc(OCCO)cn4ncc(C#N)c34)cn2)CC1.O=CCc1ccccc1. The number of piperazine rings is 1. The summed E-state index contributed by atoms with van der Waals surface area (Å²) in [6, 6.07) is 17.8. The molecule has 0 bridgehead atoms. The molecule has 0 amide bonds. The predicted molar refractivity (Wildman–Crippen MR) is 153 cm³/mol. The summed E-state index contributed by atoms with van der Waals surface area (Å²) < 4.78 is 7.20. The summed E-state index contributed by atoms with van der Waals surface area (Å²) >= 11 is 0. The lowest BCUT2D eigenvalue weighted by Gasteiger charge is -2.33. The number of carbonyl (C=O) groups excluding carboxylic acids is 1. The molecule has 1 aliphatic heterocycles. The molecule has 0 saturated carbocycles. The number of hydrogen-bond donors (Lipinski definition) is 1. The van der Waals surface area contributed by atoms with Gasteiger partial charge < -0.3 is 24.4 Å². The van der Waals surface area contributed by atoms with Gasteiger partial charge in [0.25, 0.3) is 0 Å². The number of aliphatic hydroxyl groups excluding tert-OH is 1. The van der Waals surface area contributed by atoms with Crippen molar-refractivity contribution in [2.75, 3.05) is 51.3 Å². The Morgan fingerprint density at radius 1 is 1.08 bits per heavy atom. The van der Waals surface area contributed by atoms with E-state index in [1.165, 1.54) is 0 Å². The van der Waals surface area contributed by atoms with Crippen molar-refractivity contribution >= 4 is 17.6 Å². The lowest BCUT2D eigenvalue weighted by atomic mass is 10.1. The Kier molecular flexibility index (Phi) is 11.4. The van der Waals surface area contributed by atoms with Gasteiger partial charge in [0.2, 0.25) is 0 Å². The van der Waals surface area contributed by atoms with Gasteiger partial charge >= 0.3 is 0 Å². The van der Waals surface area contributed by atoms with Crippen molar-refractivity contribution in [3.05, 3.63) is 78.2 Å². The smallest absolute Gasteiger partial charge is 0.138 e. The number of hydrogen-bond acceptors (Lipinski definition) is 8. The molecule has 5 rings (SSSR count). The fraction of sp³-hybridized carbons (Fsp3) is 0.333. The minimum Gasteiger partial charge on any atom is -0.490 e. The van der Waals surface area contributed by atoms with E-state index in [0.717, 1.165) is 55.0 Å². The van der Waals surface area contributed by atoms with Crippen LogP contribution in [0.3, 0.4) is 0 Å². The minimum absolute atomic E-state index is 0.0722. The Labute approximate surface area is 229 Å². The molecule has 204 valence electrons. The van der Waals surface area contributed by atoms with E-state index in [4.69, 9.17) is 9.84 Å². The maximum absolute atomic E-state index is 9.97. The van der Waals surface area contributed by atoms with Crippen molar-refractivity contribution < 1.29 is 14.6 Å². The van der Waals surface area contributed by atoms with E-state index < -0.39 is 0 Å². The molecule has 0 aliphatic carbocycles. The molecule has 0 radical (unpaired) electrons. The van der Waals surface area contributed by atoms with Crippen LogP contribution in [0, 0.1) is 11.3 Å². The van der Waals surface area contributed by atoms with Gasteiger partial charge in [0, 0.05) is 49.9 Å². The fourth-order valence-corrected chi connectivity index (χ4v) is 4.12. The number of carbonyl (C=O) groups is 1. The molecule has 4 heterocycles. The van der Waals surface area contributed by atoms with Crippen LogP contribution in [-0.2, 0) is 11.2 Å². The van der Waals surface area contributed by atoms with Crippen molar-refractivity contribution in [2.24, 2.45) is 0 Å². The topological polar surface area (TPSA) is 107 Å². The van der Waals surface area contributed by atoms with Crippen molar-refractivity contribution in [1.82, 2.24) is 19.5 Å². The highest BCUT2D eigenvalue weighted by Crippen LogP contribution is 2.31. The Hall–Kier alpha value is -4.26. The monoisotopic (exact) mass is 528 g/mol. The highest BCUT2D eigenvalue weighted by molar-refractivity contribution is 5.85. The maximum Gasteiger partial charge on any atom is 0.138 e. The van der Waals surface area contributed by atoms with Gasteiger partial charge in [-0.15, -0.1) is 0 Å². The number of benzene rings is 1. The number of nitriles is 1. The first kappa shape index (κ1) is 29.3. The van der Waals surface area contributed by atoms with E-state index in [-0.39, 0.29) is 13.2 Å². The fourth-order valence-electron chi connectivity index (χ4n) is 4.12. The molecule has 9 nitrogen and oxygen atoms in total. The summed E-state index contributed by atoms with van der Waals surface area (Å²) in [5.74, 6) is 1.53. The van der Waals surface area contributed by atoms with Crippen LogP contribution in [-0.4, -0.2) is 77.3 Å². The molecule has 1 saturated heterocycles. The molecule has 3 aromatic heterocycles. The Bertz CT molecular complexity index is 1340. The molecule has 0 atom stereocenters. The summed E-state index contributed by atoms with van der Waals surface area (Å²) in [5.41, 5.74) is 3.99. The lowest BCUT2D eigenvalue weighted by molar-refractivity contribution is -0.107. The second kappa shape index (κ2) is 15.2. The van der Waals surface area contributed by atoms with Crippen LogP contribution < -0.4 is 9.64 Å². The first-order valence-electron chi connectivity index (χ1n) is 13.2. The van der Waals surface area contributed by atoms with E-state index in [1.807, 2.05) is 68.6 Å². The van der Waals surface area contributed by atoms with Gasteiger partial charge in [0.05, 0.1) is 30.1 Å². The van der Waals surface area contributed by atoms with Crippen molar-refractivity contribution in [3.63, 3.8) is 0 Å². The Balaban J connectivity index is 0.000000322. The second-order valence-corrected chi connectivity index (χ2v) is 8.68. The summed E-state index contributed by atoms with van der Waals surface area (Å²) in [6.45, 7) is 8.08. The van der Waals surface area contributed by atoms with Crippen molar-refractivity contribution in [2.45, 2.75) is 20.3 Å². The highest BCUT2D eigenvalue weighted by Gasteiger charge is 2.17. The van der Waals surface area contributed by atoms with Gasteiger partial charge in [0.1, 0.15) is 30.5 Å². The number of aldehydes is 1. The van der Waals surface area contributed by atoms with Crippen LogP contribution >= 0.6 is 0 Å². The molecule has 1 fully saturated rings. The summed E-state index contributed by atoms with van der Waals surface area (Å²) in [5, 5.41) is 22.7. The van der Waals surface area contributed by atoms with Gasteiger partial charge in [-0.1, -0.05) is 44.2 Å². The average molecular weight is 529 g/mol. The summed E-state index contributed by atoms with van der Waals surface area (Å²) in [6.07, 6.45) is 6.52. The first-order chi connectivity index (χ1) is 19.1.